The van der Waals surface area contributed by atoms with Crippen molar-refractivity contribution in [1.82, 2.24) is 4.57 Å². The second-order valence-corrected chi connectivity index (χ2v) is 4.87. The Morgan fingerprint density at radius 1 is 1.31 bits per heavy atom. The predicted octanol–water partition coefficient (Wildman–Crippen LogP) is 2.36. The highest BCUT2D eigenvalue weighted by atomic mass is 16.3. The number of rotatable bonds is 3. The molecule has 2 aromatic rings. The van der Waals surface area contributed by atoms with Gasteiger partial charge in [0.05, 0.1) is 12.1 Å². The lowest BCUT2D eigenvalue weighted by atomic mass is 10.1. The average Bonchev–Trinajstić information content (AvgIpc) is 2.60. The Bertz CT molecular complexity index is 500. The quantitative estimate of drug-likeness (QED) is 0.830. The van der Waals surface area contributed by atoms with Crippen molar-refractivity contribution in [2.75, 3.05) is 11.9 Å². The van der Waals surface area contributed by atoms with Gasteiger partial charge in [-0.15, -0.1) is 0 Å². The first-order valence-electron chi connectivity index (χ1n) is 5.46. The number of hydrogen-bond acceptors (Lipinski definition) is 2. The molecule has 1 heterocycles. The highest BCUT2D eigenvalue weighted by Crippen LogP contribution is 2.22. The topological polar surface area (TPSA) is 37.2 Å². The van der Waals surface area contributed by atoms with Crippen LogP contribution >= 0.6 is 0 Å². The van der Waals surface area contributed by atoms with Gasteiger partial charge in [0, 0.05) is 29.8 Å². The van der Waals surface area contributed by atoms with Gasteiger partial charge in [0.15, 0.2) is 0 Å². The molecule has 1 aromatic heterocycles. The van der Waals surface area contributed by atoms with E-state index in [-0.39, 0.29) is 12.1 Å². The molecule has 0 spiro atoms. The minimum Gasteiger partial charge on any atom is -0.394 e. The number of anilines is 1. The van der Waals surface area contributed by atoms with E-state index in [4.69, 9.17) is 0 Å². The van der Waals surface area contributed by atoms with Crippen molar-refractivity contribution < 1.29 is 5.11 Å². The molecule has 0 aliphatic heterocycles. The van der Waals surface area contributed by atoms with Crippen molar-refractivity contribution >= 4 is 16.6 Å². The number of aryl methyl sites for hydroxylation is 1. The fraction of sp³-hybridized carbons (Fsp3) is 0.385. The minimum atomic E-state index is -0.289. The van der Waals surface area contributed by atoms with E-state index < -0.39 is 0 Å². The molecule has 16 heavy (non-hydrogen) atoms. The number of aromatic nitrogens is 1. The van der Waals surface area contributed by atoms with Crippen LogP contribution in [0.3, 0.4) is 0 Å². The molecule has 0 saturated heterocycles. The van der Waals surface area contributed by atoms with Crippen LogP contribution in [0.1, 0.15) is 13.8 Å². The van der Waals surface area contributed by atoms with E-state index in [2.05, 4.69) is 28.1 Å². The van der Waals surface area contributed by atoms with E-state index in [1.807, 2.05) is 33.2 Å². The van der Waals surface area contributed by atoms with Crippen LogP contribution in [0.15, 0.2) is 30.5 Å². The molecule has 0 unspecified atom stereocenters. The van der Waals surface area contributed by atoms with Crippen LogP contribution in [0.25, 0.3) is 10.9 Å². The average molecular weight is 218 g/mol. The standard InChI is InChI=1S/C13H18N2O/c1-13(2,9-16)14-11-4-5-12-10(8-11)6-7-15(12)3/h4-8,14,16H,9H2,1-3H3. The Balaban J connectivity index is 2.33. The zero-order valence-corrected chi connectivity index (χ0v) is 9.99. The second kappa shape index (κ2) is 3.83. The maximum atomic E-state index is 9.21. The van der Waals surface area contributed by atoms with Gasteiger partial charge in [-0.25, -0.2) is 0 Å². The summed E-state index contributed by atoms with van der Waals surface area (Å²) in [6.45, 7) is 4.06. The number of fused-ring (bicyclic) bond motifs is 1. The van der Waals surface area contributed by atoms with Crippen molar-refractivity contribution in [3.05, 3.63) is 30.5 Å². The van der Waals surface area contributed by atoms with Gasteiger partial charge in [0.25, 0.3) is 0 Å². The molecule has 86 valence electrons. The van der Waals surface area contributed by atoms with Gasteiger partial charge in [-0.2, -0.15) is 0 Å². The number of aliphatic hydroxyl groups is 1. The van der Waals surface area contributed by atoms with Gasteiger partial charge in [-0.05, 0) is 38.1 Å². The fourth-order valence-electron chi connectivity index (χ4n) is 1.79. The summed E-state index contributed by atoms with van der Waals surface area (Å²) in [4.78, 5) is 0. The molecule has 1 aromatic carbocycles. The lowest BCUT2D eigenvalue weighted by Gasteiger charge is -2.25. The molecule has 3 nitrogen and oxygen atoms in total. The van der Waals surface area contributed by atoms with Crippen molar-refractivity contribution in [1.29, 1.82) is 0 Å². The van der Waals surface area contributed by atoms with Crippen LogP contribution in [0.2, 0.25) is 0 Å². The van der Waals surface area contributed by atoms with Crippen molar-refractivity contribution in [2.45, 2.75) is 19.4 Å². The third-order valence-corrected chi connectivity index (χ3v) is 2.76. The Hall–Kier alpha value is -1.48. The van der Waals surface area contributed by atoms with Crippen LogP contribution in [0.5, 0.6) is 0 Å². The first-order chi connectivity index (χ1) is 7.52. The summed E-state index contributed by atoms with van der Waals surface area (Å²) < 4.78 is 2.09. The first-order valence-corrected chi connectivity index (χ1v) is 5.46. The molecule has 2 N–H and O–H groups in total. The minimum absolute atomic E-state index is 0.111. The van der Waals surface area contributed by atoms with Crippen LogP contribution in [0, 0.1) is 0 Å². The van der Waals surface area contributed by atoms with E-state index in [1.165, 1.54) is 10.9 Å². The van der Waals surface area contributed by atoms with Crippen molar-refractivity contribution in [3.8, 4) is 0 Å². The summed E-state index contributed by atoms with van der Waals surface area (Å²) in [6.07, 6.45) is 2.05. The summed E-state index contributed by atoms with van der Waals surface area (Å²) >= 11 is 0. The fourth-order valence-corrected chi connectivity index (χ4v) is 1.79. The Morgan fingerprint density at radius 3 is 2.75 bits per heavy atom. The number of aliphatic hydroxyl groups excluding tert-OH is 1. The van der Waals surface area contributed by atoms with Crippen LogP contribution in [-0.2, 0) is 7.05 Å². The SMILES string of the molecule is Cn1ccc2cc(NC(C)(C)CO)ccc21. The maximum absolute atomic E-state index is 9.21. The van der Waals surface area contributed by atoms with E-state index in [0.29, 0.717) is 0 Å². The van der Waals surface area contributed by atoms with Gasteiger partial charge >= 0.3 is 0 Å². The Kier molecular flexibility index (Phi) is 2.64. The highest BCUT2D eigenvalue weighted by Gasteiger charge is 2.15. The first kappa shape index (κ1) is 11.0. The molecule has 2 rings (SSSR count). The van der Waals surface area contributed by atoms with Crippen molar-refractivity contribution in [2.24, 2.45) is 7.05 Å². The zero-order valence-electron chi connectivity index (χ0n) is 9.99. The molecule has 0 atom stereocenters. The Labute approximate surface area is 95.7 Å². The maximum Gasteiger partial charge on any atom is 0.0656 e. The molecule has 0 amide bonds. The van der Waals surface area contributed by atoms with E-state index >= 15 is 0 Å². The third-order valence-electron chi connectivity index (χ3n) is 2.76. The molecule has 0 aliphatic carbocycles. The van der Waals surface area contributed by atoms with Crippen LogP contribution in [-0.4, -0.2) is 21.8 Å². The molecular formula is C13H18N2O. The van der Waals surface area contributed by atoms with Crippen LogP contribution < -0.4 is 5.32 Å². The van der Waals surface area contributed by atoms with Gasteiger partial charge < -0.3 is 15.0 Å². The number of hydrogen-bond donors (Lipinski definition) is 2. The largest absolute Gasteiger partial charge is 0.394 e. The Morgan fingerprint density at radius 2 is 2.06 bits per heavy atom. The summed E-state index contributed by atoms with van der Waals surface area (Å²) in [5.41, 5.74) is 1.97. The summed E-state index contributed by atoms with van der Waals surface area (Å²) in [7, 11) is 2.03. The van der Waals surface area contributed by atoms with E-state index in [0.717, 1.165) is 5.69 Å². The van der Waals surface area contributed by atoms with E-state index in [1.54, 1.807) is 0 Å². The second-order valence-electron chi connectivity index (χ2n) is 4.87. The number of nitrogens with zero attached hydrogens (tertiary/aromatic N) is 1. The van der Waals surface area contributed by atoms with Gasteiger partial charge in [0.2, 0.25) is 0 Å². The summed E-state index contributed by atoms with van der Waals surface area (Å²) in [5, 5.41) is 13.7. The molecule has 3 heteroatoms. The third kappa shape index (κ3) is 2.04. The smallest absolute Gasteiger partial charge is 0.0656 e. The van der Waals surface area contributed by atoms with E-state index in [9.17, 15) is 5.11 Å². The van der Waals surface area contributed by atoms with Crippen LogP contribution in [0.4, 0.5) is 5.69 Å². The summed E-state index contributed by atoms with van der Waals surface area (Å²) in [6, 6.07) is 8.32. The molecular weight excluding hydrogens is 200 g/mol. The summed E-state index contributed by atoms with van der Waals surface area (Å²) in [5.74, 6) is 0. The molecule has 0 radical (unpaired) electrons. The molecule has 0 saturated carbocycles. The molecule has 0 fully saturated rings. The number of nitrogens with one attached hydrogen (secondary N) is 1. The lowest BCUT2D eigenvalue weighted by Crippen LogP contribution is -2.34. The predicted molar refractivity (Wildman–Crippen MR) is 67.7 cm³/mol. The normalized spacial score (nSPS) is 12.0. The van der Waals surface area contributed by atoms with Gasteiger partial charge in [-0.3, -0.25) is 0 Å². The molecule has 0 bridgehead atoms. The highest BCUT2D eigenvalue weighted by molar-refractivity contribution is 5.83. The molecule has 0 aliphatic rings. The van der Waals surface area contributed by atoms with Gasteiger partial charge in [-0.1, -0.05) is 0 Å². The lowest BCUT2D eigenvalue weighted by molar-refractivity contribution is 0.234. The van der Waals surface area contributed by atoms with Gasteiger partial charge in [0.1, 0.15) is 0 Å². The zero-order chi connectivity index (χ0) is 11.8. The monoisotopic (exact) mass is 218 g/mol. The van der Waals surface area contributed by atoms with Crippen molar-refractivity contribution in [3.63, 3.8) is 0 Å². The number of benzene rings is 1.